The molecule has 0 rings (SSSR count). The first-order valence-electron chi connectivity index (χ1n) is 6.55. The number of hydrogen-bond donors (Lipinski definition) is 5. The van der Waals surface area contributed by atoms with Gasteiger partial charge in [-0.2, -0.15) is 0 Å². The summed E-state index contributed by atoms with van der Waals surface area (Å²) < 4.78 is 0. The van der Waals surface area contributed by atoms with Crippen LogP contribution in [0.4, 0.5) is 0 Å². The van der Waals surface area contributed by atoms with Crippen LogP contribution < -0.4 is 11.5 Å². The van der Waals surface area contributed by atoms with E-state index < -0.39 is 17.9 Å². The molecule has 8 heteroatoms. The van der Waals surface area contributed by atoms with Crippen LogP contribution in [0.3, 0.4) is 0 Å². The lowest BCUT2D eigenvalue weighted by atomic mass is 10.1. The molecule has 0 aromatic carbocycles. The molecule has 0 saturated carbocycles. The topological polar surface area (TPSA) is 164 Å². The predicted octanol–water partition coefficient (Wildman–Crippen LogP) is 1.13. The monoisotopic (exact) mass is 310 g/mol. The molecule has 128 valence electrons. The van der Waals surface area contributed by atoms with E-state index in [0.29, 0.717) is 6.54 Å². The van der Waals surface area contributed by atoms with Crippen LogP contribution in [0.5, 0.6) is 0 Å². The molecule has 0 spiro atoms. The molecule has 0 aliphatic carbocycles. The van der Waals surface area contributed by atoms with Gasteiger partial charge in [0.15, 0.2) is 0 Å². The van der Waals surface area contributed by atoms with Crippen LogP contribution in [-0.4, -0.2) is 45.8 Å². The number of carboxylic acid groups (broad SMARTS) is 3. The van der Waals surface area contributed by atoms with E-state index in [0.717, 1.165) is 27.2 Å². The molecular weight excluding hydrogens is 280 g/mol. The van der Waals surface area contributed by atoms with Gasteiger partial charge in [0, 0.05) is 33.4 Å². The predicted molar refractivity (Wildman–Crippen MR) is 81.1 cm³/mol. The van der Waals surface area contributed by atoms with E-state index in [1.54, 1.807) is 0 Å². The van der Waals surface area contributed by atoms with E-state index in [1.165, 1.54) is 19.3 Å². The fourth-order valence-electron chi connectivity index (χ4n) is 0.774. The third-order valence-corrected chi connectivity index (χ3v) is 1.48. The second kappa shape index (κ2) is 23.4. The number of aliphatic carboxylic acids is 3. The zero-order chi connectivity index (χ0) is 17.8. The summed E-state index contributed by atoms with van der Waals surface area (Å²) in [7, 11) is 0. The number of carboxylic acids is 3. The van der Waals surface area contributed by atoms with E-state index in [9.17, 15) is 0 Å². The molecule has 7 N–H and O–H groups in total. The Bertz CT molecular complexity index is 219. The number of rotatable bonds is 5. The maximum absolute atomic E-state index is 9.00. The largest absolute Gasteiger partial charge is 0.481 e. The van der Waals surface area contributed by atoms with E-state index >= 15 is 0 Å². The first kappa shape index (κ1) is 27.6. The van der Waals surface area contributed by atoms with E-state index in [1.807, 2.05) is 0 Å². The quantitative estimate of drug-likeness (QED) is 0.471. The van der Waals surface area contributed by atoms with Gasteiger partial charge in [-0.3, -0.25) is 14.4 Å². The van der Waals surface area contributed by atoms with Crippen LogP contribution in [0.1, 0.15) is 53.4 Å². The highest BCUT2D eigenvalue weighted by atomic mass is 16.4. The maximum atomic E-state index is 9.00. The van der Waals surface area contributed by atoms with Crippen LogP contribution >= 0.6 is 0 Å². The summed E-state index contributed by atoms with van der Waals surface area (Å²) in [4.78, 5) is 27.0. The zero-order valence-corrected chi connectivity index (χ0v) is 13.3. The van der Waals surface area contributed by atoms with Crippen molar-refractivity contribution >= 4 is 17.9 Å². The highest BCUT2D eigenvalue weighted by Crippen LogP contribution is 1.99. The summed E-state index contributed by atoms with van der Waals surface area (Å²) in [5.74, 6) is -2.50. The van der Waals surface area contributed by atoms with E-state index in [2.05, 4.69) is 6.92 Å². The second-order valence-corrected chi connectivity index (χ2v) is 4.05. The van der Waals surface area contributed by atoms with E-state index in [-0.39, 0.29) is 6.04 Å². The molecule has 8 nitrogen and oxygen atoms in total. The van der Waals surface area contributed by atoms with Gasteiger partial charge in [-0.05, 0) is 6.42 Å². The Morgan fingerprint density at radius 2 is 1.19 bits per heavy atom. The standard InChI is InChI=1S/C7H18N2.3C2H4O2/c1-2-3-4-5-7(9)6-8;3*1-2(3)4/h7H,2-6,8-9H2,1H3;3*1H3,(H,3,4). The van der Waals surface area contributed by atoms with Crippen molar-refractivity contribution in [2.45, 2.75) is 59.4 Å². The Hall–Kier alpha value is -1.67. The number of carbonyl (C=O) groups is 3. The van der Waals surface area contributed by atoms with Gasteiger partial charge in [0.25, 0.3) is 17.9 Å². The van der Waals surface area contributed by atoms with Gasteiger partial charge in [-0.1, -0.05) is 26.2 Å². The molecule has 0 amide bonds. The highest BCUT2D eigenvalue weighted by Gasteiger charge is 1.96. The molecule has 21 heavy (non-hydrogen) atoms. The zero-order valence-electron chi connectivity index (χ0n) is 13.3. The fraction of sp³-hybridized carbons (Fsp3) is 0.769. The van der Waals surface area contributed by atoms with Crippen LogP contribution in [0, 0.1) is 0 Å². The molecule has 0 saturated heterocycles. The molecule has 0 radical (unpaired) electrons. The summed E-state index contributed by atoms with van der Waals surface area (Å²) in [6.07, 6.45) is 4.87. The number of hydrogen-bond acceptors (Lipinski definition) is 5. The van der Waals surface area contributed by atoms with Gasteiger partial charge in [0.1, 0.15) is 0 Å². The number of nitrogens with two attached hydrogens (primary N) is 2. The van der Waals surface area contributed by atoms with Gasteiger partial charge < -0.3 is 26.8 Å². The molecule has 0 fully saturated rings. The molecule has 0 aliphatic heterocycles. The summed E-state index contributed by atoms with van der Waals surface area (Å²) in [5.41, 5.74) is 10.9. The van der Waals surface area contributed by atoms with Gasteiger partial charge in [0.05, 0.1) is 0 Å². The van der Waals surface area contributed by atoms with Gasteiger partial charge in [0.2, 0.25) is 0 Å². The highest BCUT2D eigenvalue weighted by molar-refractivity contribution is 5.63. The molecule has 1 unspecified atom stereocenters. The van der Waals surface area contributed by atoms with Crippen LogP contribution in [0.15, 0.2) is 0 Å². The average Bonchev–Trinajstić information content (AvgIpc) is 2.26. The average molecular weight is 310 g/mol. The van der Waals surface area contributed by atoms with Crippen molar-refractivity contribution in [2.75, 3.05) is 6.54 Å². The Balaban J connectivity index is -0.000000102. The third kappa shape index (κ3) is 172. The van der Waals surface area contributed by atoms with Crippen molar-refractivity contribution in [3.63, 3.8) is 0 Å². The van der Waals surface area contributed by atoms with Crippen LogP contribution in [0.25, 0.3) is 0 Å². The lowest BCUT2D eigenvalue weighted by Crippen LogP contribution is -2.29. The fourth-order valence-corrected chi connectivity index (χ4v) is 0.774. The first-order valence-corrected chi connectivity index (χ1v) is 6.55. The van der Waals surface area contributed by atoms with Crippen LogP contribution in [-0.2, 0) is 14.4 Å². The normalized spacial score (nSPS) is 9.43. The Morgan fingerprint density at radius 3 is 1.38 bits per heavy atom. The molecule has 0 aliphatic rings. The minimum atomic E-state index is -0.833. The molecule has 1 atom stereocenters. The van der Waals surface area contributed by atoms with Gasteiger partial charge >= 0.3 is 0 Å². The van der Waals surface area contributed by atoms with Crippen molar-refractivity contribution in [1.29, 1.82) is 0 Å². The van der Waals surface area contributed by atoms with Crippen molar-refractivity contribution in [3.8, 4) is 0 Å². The smallest absolute Gasteiger partial charge is 0.300 e. The van der Waals surface area contributed by atoms with E-state index in [4.69, 9.17) is 41.2 Å². The van der Waals surface area contributed by atoms with Crippen molar-refractivity contribution in [3.05, 3.63) is 0 Å². The Kier molecular flexibility index (Phi) is 30.8. The summed E-state index contributed by atoms with van der Waals surface area (Å²) in [5, 5.41) is 22.2. The minimum Gasteiger partial charge on any atom is -0.481 e. The molecule has 0 bridgehead atoms. The summed E-state index contributed by atoms with van der Waals surface area (Å²) in [6.45, 7) is 6.07. The van der Waals surface area contributed by atoms with Crippen molar-refractivity contribution in [1.82, 2.24) is 0 Å². The van der Waals surface area contributed by atoms with Gasteiger partial charge in [-0.25, -0.2) is 0 Å². The maximum Gasteiger partial charge on any atom is 0.300 e. The van der Waals surface area contributed by atoms with Crippen molar-refractivity contribution < 1.29 is 29.7 Å². The Labute approximate surface area is 126 Å². The van der Waals surface area contributed by atoms with Crippen molar-refractivity contribution in [2.24, 2.45) is 11.5 Å². The molecule has 0 heterocycles. The summed E-state index contributed by atoms with van der Waals surface area (Å²) in [6, 6.07) is 0.233. The second-order valence-electron chi connectivity index (χ2n) is 4.05. The minimum absolute atomic E-state index is 0.233. The third-order valence-electron chi connectivity index (χ3n) is 1.48. The molecular formula is C13H30N2O6. The lowest BCUT2D eigenvalue weighted by molar-refractivity contribution is -0.135. The SMILES string of the molecule is CC(=O)O.CC(=O)O.CC(=O)O.CCCCCC(N)CN. The molecule has 0 aromatic rings. The first-order chi connectivity index (χ1) is 9.50. The summed E-state index contributed by atoms with van der Waals surface area (Å²) >= 11 is 0. The van der Waals surface area contributed by atoms with Gasteiger partial charge in [-0.15, -0.1) is 0 Å². The lowest BCUT2D eigenvalue weighted by Gasteiger charge is -2.05. The number of unbranched alkanes of at least 4 members (excludes halogenated alkanes) is 2. The molecule has 0 aromatic heterocycles. The Morgan fingerprint density at radius 1 is 0.905 bits per heavy atom. The van der Waals surface area contributed by atoms with Crippen LogP contribution in [0.2, 0.25) is 0 Å².